The highest BCUT2D eigenvalue weighted by Gasteiger charge is 2.35. The molecule has 0 unspecified atom stereocenters. The fraction of sp³-hybridized carbons (Fsp3) is 0.500. The Hall–Kier alpha value is -2.21. The summed E-state index contributed by atoms with van der Waals surface area (Å²) in [6.45, 7) is 4.82. The highest BCUT2D eigenvalue weighted by molar-refractivity contribution is 5.82. The lowest BCUT2D eigenvalue weighted by Crippen LogP contribution is -2.50. The Labute approximate surface area is 141 Å². The van der Waals surface area contributed by atoms with Gasteiger partial charge in [0, 0.05) is 19.6 Å². The summed E-state index contributed by atoms with van der Waals surface area (Å²) in [6, 6.07) is 8.22. The van der Waals surface area contributed by atoms with E-state index in [1.54, 1.807) is 0 Å². The lowest BCUT2D eigenvalue weighted by Gasteiger charge is -2.37. The molecule has 1 saturated heterocycles. The molecule has 3 heterocycles. The Morgan fingerprint density at radius 1 is 1.25 bits per heavy atom. The molecule has 0 N–H and O–H groups in total. The highest BCUT2D eigenvalue weighted by Crippen LogP contribution is 2.26. The van der Waals surface area contributed by atoms with Crippen molar-refractivity contribution in [2.45, 2.75) is 45.3 Å². The molecule has 1 aromatic heterocycles. The van der Waals surface area contributed by atoms with E-state index in [0.717, 1.165) is 38.9 Å². The zero-order valence-electron chi connectivity index (χ0n) is 13.9. The van der Waals surface area contributed by atoms with Crippen LogP contribution in [0.15, 0.2) is 28.8 Å². The third kappa shape index (κ3) is 2.94. The van der Waals surface area contributed by atoms with E-state index >= 15 is 0 Å². The number of carbonyl (C=O) groups excluding carboxylic acids is 1. The minimum absolute atomic E-state index is 0.148. The van der Waals surface area contributed by atoms with E-state index in [1.165, 1.54) is 11.1 Å². The van der Waals surface area contributed by atoms with Crippen LogP contribution >= 0.6 is 0 Å². The molecule has 1 fully saturated rings. The number of hydrogen-bond donors (Lipinski definition) is 0. The van der Waals surface area contributed by atoms with Gasteiger partial charge in [0.05, 0.1) is 12.6 Å². The lowest BCUT2D eigenvalue weighted by atomic mass is 9.93. The lowest BCUT2D eigenvalue weighted by molar-refractivity contribution is -0.137. The predicted octanol–water partition coefficient (Wildman–Crippen LogP) is 1.93. The van der Waals surface area contributed by atoms with Gasteiger partial charge in [0.1, 0.15) is 0 Å². The average Bonchev–Trinajstić information content (AvgIpc) is 3.25. The second kappa shape index (κ2) is 6.36. The molecule has 0 radical (unpaired) electrons. The van der Waals surface area contributed by atoms with E-state index in [2.05, 4.69) is 33.2 Å². The van der Waals surface area contributed by atoms with Crippen molar-refractivity contribution in [3.05, 3.63) is 47.1 Å². The molecule has 2 aliphatic heterocycles. The molecule has 4 rings (SSSR count). The summed E-state index contributed by atoms with van der Waals surface area (Å²) in [5.41, 5.74) is 2.55. The second-order valence-electron chi connectivity index (χ2n) is 6.66. The number of hydrogen-bond acceptors (Lipinski definition) is 5. The number of amides is 1. The topological polar surface area (TPSA) is 62.5 Å². The number of aryl methyl sites for hydroxylation is 1. The van der Waals surface area contributed by atoms with Crippen molar-refractivity contribution in [2.24, 2.45) is 0 Å². The van der Waals surface area contributed by atoms with Crippen LogP contribution in [0.2, 0.25) is 0 Å². The van der Waals surface area contributed by atoms with Crippen molar-refractivity contribution >= 4 is 5.91 Å². The first kappa shape index (κ1) is 15.3. The molecule has 24 heavy (non-hydrogen) atoms. The first-order chi connectivity index (χ1) is 11.7. The summed E-state index contributed by atoms with van der Waals surface area (Å²) >= 11 is 0. The van der Waals surface area contributed by atoms with Gasteiger partial charge < -0.3 is 9.42 Å². The Bertz CT molecular complexity index is 736. The molecular weight excluding hydrogens is 304 g/mol. The van der Waals surface area contributed by atoms with Gasteiger partial charge in [-0.3, -0.25) is 9.69 Å². The first-order valence-electron chi connectivity index (χ1n) is 8.59. The molecule has 6 nitrogen and oxygen atoms in total. The molecule has 0 saturated carbocycles. The van der Waals surface area contributed by atoms with Crippen LogP contribution < -0.4 is 0 Å². The number of fused-ring (bicyclic) bond motifs is 1. The van der Waals surface area contributed by atoms with Crippen molar-refractivity contribution in [1.29, 1.82) is 0 Å². The smallest absolute Gasteiger partial charge is 0.240 e. The molecule has 0 bridgehead atoms. The molecule has 6 heteroatoms. The molecule has 0 aliphatic carbocycles. The molecule has 2 aromatic rings. The Morgan fingerprint density at radius 3 is 2.71 bits per heavy atom. The van der Waals surface area contributed by atoms with Crippen LogP contribution in [0.25, 0.3) is 0 Å². The Morgan fingerprint density at radius 2 is 2.00 bits per heavy atom. The maximum absolute atomic E-state index is 13.0. The molecule has 126 valence electrons. The van der Waals surface area contributed by atoms with Gasteiger partial charge in [0.15, 0.2) is 5.82 Å². The van der Waals surface area contributed by atoms with Crippen molar-refractivity contribution in [2.75, 3.05) is 13.1 Å². The molecule has 1 atom stereocenters. The van der Waals surface area contributed by atoms with Gasteiger partial charge in [-0.25, -0.2) is 0 Å². The summed E-state index contributed by atoms with van der Waals surface area (Å²) in [4.78, 5) is 21.5. The summed E-state index contributed by atoms with van der Waals surface area (Å²) < 4.78 is 5.28. The zero-order chi connectivity index (χ0) is 16.5. The number of rotatable bonds is 3. The number of aromatic nitrogens is 2. The minimum Gasteiger partial charge on any atom is -0.341 e. The summed E-state index contributed by atoms with van der Waals surface area (Å²) in [7, 11) is 0. The third-order valence-corrected chi connectivity index (χ3v) is 4.96. The normalized spacial score (nSPS) is 21.0. The maximum Gasteiger partial charge on any atom is 0.240 e. The van der Waals surface area contributed by atoms with Crippen molar-refractivity contribution in [1.82, 2.24) is 19.9 Å². The largest absolute Gasteiger partial charge is 0.341 e. The van der Waals surface area contributed by atoms with Crippen LogP contribution in [0, 0.1) is 6.92 Å². The van der Waals surface area contributed by atoms with E-state index in [4.69, 9.17) is 4.52 Å². The highest BCUT2D eigenvalue weighted by atomic mass is 16.5. The van der Waals surface area contributed by atoms with Gasteiger partial charge in [0.25, 0.3) is 0 Å². The standard InChI is InChI=1S/C18H22N4O2/c1-13-19-17(24-20-13)12-22-11-15-7-3-2-6-14(15)10-16(22)18(23)21-8-4-5-9-21/h2-3,6-7,16H,4-5,8-12H2,1H3/t16-/m1/s1. The van der Waals surface area contributed by atoms with Crippen LogP contribution in [0.1, 0.15) is 35.7 Å². The summed E-state index contributed by atoms with van der Waals surface area (Å²) in [5.74, 6) is 1.44. The zero-order valence-corrected chi connectivity index (χ0v) is 13.9. The van der Waals surface area contributed by atoms with Crippen LogP contribution in [-0.4, -0.2) is 45.0 Å². The van der Waals surface area contributed by atoms with Crippen molar-refractivity contribution in [3.63, 3.8) is 0 Å². The first-order valence-corrected chi connectivity index (χ1v) is 8.59. The van der Waals surface area contributed by atoms with Gasteiger partial charge in [-0.2, -0.15) is 4.98 Å². The second-order valence-corrected chi connectivity index (χ2v) is 6.66. The maximum atomic E-state index is 13.0. The van der Waals surface area contributed by atoms with Gasteiger partial charge in [-0.15, -0.1) is 0 Å². The number of benzene rings is 1. The quantitative estimate of drug-likeness (QED) is 0.862. The molecular formula is C18H22N4O2. The van der Waals surface area contributed by atoms with Gasteiger partial charge >= 0.3 is 0 Å². The predicted molar refractivity (Wildman–Crippen MR) is 88.0 cm³/mol. The van der Waals surface area contributed by atoms with Crippen LogP contribution in [-0.2, 0) is 24.3 Å². The fourth-order valence-corrected chi connectivity index (χ4v) is 3.71. The minimum atomic E-state index is -0.148. The summed E-state index contributed by atoms with van der Waals surface area (Å²) in [6.07, 6.45) is 2.97. The molecule has 1 aromatic carbocycles. The third-order valence-electron chi connectivity index (χ3n) is 4.96. The van der Waals surface area contributed by atoms with E-state index in [9.17, 15) is 4.79 Å². The van der Waals surface area contributed by atoms with Crippen LogP contribution in [0.5, 0.6) is 0 Å². The van der Waals surface area contributed by atoms with E-state index < -0.39 is 0 Å². The molecule has 2 aliphatic rings. The number of nitrogens with zero attached hydrogens (tertiary/aromatic N) is 4. The summed E-state index contributed by atoms with van der Waals surface area (Å²) in [5, 5.41) is 3.87. The van der Waals surface area contributed by atoms with E-state index in [-0.39, 0.29) is 11.9 Å². The van der Waals surface area contributed by atoms with Crippen LogP contribution in [0.4, 0.5) is 0 Å². The van der Waals surface area contributed by atoms with E-state index in [1.807, 2.05) is 17.9 Å². The Kier molecular flexibility index (Phi) is 4.06. The van der Waals surface area contributed by atoms with Gasteiger partial charge in [-0.05, 0) is 37.3 Å². The fourth-order valence-electron chi connectivity index (χ4n) is 3.71. The number of likely N-dealkylation sites (tertiary alicyclic amines) is 1. The van der Waals surface area contributed by atoms with Crippen LogP contribution in [0.3, 0.4) is 0 Å². The molecule has 1 amide bonds. The SMILES string of the molecule is Cc1noc(CN2Cc3ccccc3C[C@@H]2C(=O)N2CCCC2)n1. The van der Waals surface area contributed by atoms with Gasteiger partial charge in [-0.1, -0.05) is 29.4 Å². The van der Waals surface area contributed by atoms with E-state index in [0.29, 0.717) is 18.3 Å². The van der Waals surface area contributed by atoms with Crippen molar-refractivity contribution < 1.29 is 9.32 Å². The Balaban J connectivity index is 1.60. The number of carbonyl (C=O) groups is 1. The molecule has 0 spiro atoms. The average molecular weight is 326 g/mol. The monoisotopic (exact) mass is 326 g/mol. The van der Waals surface area contributed by atoms with Crippen molar-refractivity contribution in [3.8, 4) is 0 Å². The van der Waals surface area contributed by atoms with Gasteiger partial charge in [0.2, 0.25) is 11.8 Å².